The van der Waals surface area contributed by atoms with Gasteiger partial charge in [-0.3, -0.25) is 14.9 Å². The zero-order valence-corrected chi connectivity index (χ0v) is 12.1. The average Bonchev–Trinajstić information content (AvgIpc) is 3.34. The maximum Gasteiger partial charge on any atom is 0.269 e. The van der Waals surface area contributed by atoms with E-state index in [0.717, 1.165) is 11.3 Å². The molecule has 2 atom stereocenters. The molecule has 0 unspecified atom stereocenters. The van der Waals surface area contributed by atoms with Crippen molar-refractivity contribution in [2.24, 2.45) is 0 Å². The Morgan fingerprint density at radius 3 is 2.48 bits per heavy atom. The summed E-state index contributed by atoms with van der Waals surface area (Å²) in [6, 6.07) is 15.3. The van der Waals surface area contributed by atoms with Crippen LogP contribution in [0.5, 0.6) is 0 Å². The summed E-state index contributed by atoms with van der Waals surface area (Å²) in [6.07, 6.45) is 2.79. The second kappa shape index (κ2) is 6.41. The summed E-state index contributed by atoms with van der Waals surface area (Å²) in [6.45, 7) is 0. The van der Waals surface area contributed by atoms with Gasteiger partial charge in [-0.1, -0.05) is 30.4 Å². The topological polar surface area (TPSA) is 84.8 Å². The Hall–Kier alpha value is -2.99. The van der Waals surface area contributed by atoms with Gasteiger partial charge in [0.15, 0.2) is 6.10 Å². The number of rotatable bonds is 5. The lowest BCUT2D eigenvalue weighted by atomic mass is 10.1. The number of non-ortho nitro benzene ring substituents is 1. The van der Waals surface area contributed by atoms with Crippen molar-refractivity contribution < 1.29 is 14.5 Å². The summed E-state index contributed by atoms with van der Waals surface area (Å²) in [4.78, 5) is 22.1. The van der Waals surface area contributed by atoms with E-state index in [1.165, 1.54) is 12.1 Å². The Morgan fingerprint density at radius 1 is 1.13 bits per heavy atom. The number of nitrogens with zero attached hydrogens (tertiary/aromatic N) is 1. The van der Waals surface area contributed by atoms with Gasteiger partial charge >= 0.3 is 0 Å². The number of carbonyl (C=O) groups is 1. The second-order valence-electron chi connectivity index (χ2n) is 5.08. The molecule has 1 aliphatic heterocycles. The van der Waals surface area contributed by atoms with Crippen LogP contribution in [0.2, 0.25) is 0 Å². The normalized spacial score (nSPS) is 19.5. The summed E-state index contributed by atoms with van der Waals surface area (Å²) >= 11 is 0. The number of hydrogen-bond acceptors (Lipinski definition) is 4. The lowest BCUT2D eigenvalue weighted by Gasteiger charge is -2.01. The number of nitro benzene ring substituents is 1. The Kier molecular flexibility index (Phi) is 4.16. The number of para-hydroxylation sites is 1. The van der Waals surface area contributed by atoms with Crippen LogP contribution in [0.15, 0.2) is 60.7 Å². The molecule has 1 amide bonds. The van der Waals surface area contributed by atoms with Crippen LogP contribution in [0.1, 0.15) is 5.56 Å². The van der Waals surface area contributed by atoms with Gasteiger partial charge in [0.2, 0.25) is 0 Å². The molecule has 0 saturated carbocycles. The first-order chi connectivity index (χ1) is 11.1. The van der Waals surface area contributed by atoms with E-state index in [-0.39, 0.29) is 17.7 Å². The van der Waals surface area contributed by atoms with Crippen molar-refractivity contribution in [3.63, 3.8) is 0 Å². The van der Waals surface area contributed by atoms with Crippen LogP contribution < -0.4 is 5.32 Å². The second-order valence-corrected chi connectivity index (χ2v) is 5.08. The third-order valence-electron chi connectivity index (χ3n) is 3.41. The van der Waals surface area contributed by atoms with Gasteiger partial charge in [-0.05, 0) is 29.8 Å². The fourth-order valence-corrected chi connectivity index (χ4v) is 2.13. The Bertz CT molecular complexity index is 741. The van der Waals surface area contributed by atoms with Crippen LogP contribution >= 0.6 is 0 Å². The molecule has 2 aromatic carbocycles. The number of ether oxygens (including phenoxy) is 1. The molecule has 1 heterocycles. The minimum atomic E-state index is -0.496. The number of amides is 1. The van der Waals surface area contributed by atoms with E-state index in [1.54, 1.807) is 24.3 Å². The minimum Gasteiger partial charge on any atom is -0.355 e. The van der Waals surface area contributed by atoms with E-state index < -0.39 is 11.0 Å². The van der Waals surface area contributed by atoms with Crippen molar-refractivity contribution in [3.8, 4) is 0 Å². The van der Waals surface area contributed by atoms with Crippen LogP contribution in [0.25, 0.3) is 6.08 Å². The highest BCUT2D eigenvalue weighted by molar-refractivity contribution is 5.96. The fourth-order valence-electron chi connectivity index (χ4n) is 2.13. The smallest absolute Gasteiger partial charge is 0.269 e. The van der Waals surface area contributed by atoms with E-state index >= 15 is 0 Å². The van der Waals surface area contributed by atoms with Gasteiger partial charge < -0.3 is 10.1 Å². The molecular weight excluding hydrogens is 296 g/mol. The van der Waals surface area contributed by atoms with E-state index in [4.69, 9.17) is 4.74 Å². The molecule has 0 aliphatic carbocycles. The minimum absolute atomic E-state index is 0.0462. The van der Waals surface area contributed by atoms with E-state index in [0.29, 0.717) is 0 Å². The highest BCUT2D eigenvalue weighted by atomic mass is 16.6. The zero-order chi connectivity index (χ0) is 16.2. The van der Waals surface area contributed by atoms with Crippen LogP contribution in [0.4, 0.5) is 11.4 Å². The average molecular weight is 310 g/mol. The van der Waals surface area contributed by atoms with E-state index in [1.807, 2.05) is 30.3 Å². The van der Waals surface area contributed by atoms with Crippen molar-refractivity contribution in [1.82, 2.24) is 0 Å². The zero-order valence-electron chi connectivity index (χ0n) is 12.1. The number of anilines is 1. The number of epoxide rings is 1. The van der Waals surface area contributed by atoms with Crippen molar-refractivity contribution in [2.75, 3.05) is 5.32 Å². The number of nitrogens with one attached hydrogen (secondary N) is 1. The summed E-state index contributed by atoms with van der Waals surface area (Å²) in [5.74, 6) is -0.186. The van der Waals surface area contributed by atoms with Gasteiger partial charge in [-0.15, -0.1) is 0 Å². The predicted octanol–water partition coefficient (Wildman–Crippen LogP) is 3.01. The molecule has 3 rings (SSSR count). The molecule has 2 aromatic rings. The maximum absolute atomic E-state index is 12.0. The van der Waals surface area contributed by atoms with Gasteiger partial charge in [-0.25, -0.2) is 0 Å². The lowest BCUT2D eigenvalue weighted by Crippen LogP contribution is -2.19. The highest BCUT2D eigenvalue weighted by Gasteiger charge is 2.43. The quantitative estimate of drug-likeness (QED) is 0.522. The monoisotopic (exact) mass is 310 g/mol. The SMILES string of the molecule is O=C(Nc1ccccc1)[C@H]1O[C@H]1/C=C/c1ccc([N+](=O)[O-])cc1. The number of carbonyl (C=O) groups excluding carboxylic acids is 1. The van der Waals surface area contributed by atoms with Gasteiger partial charge in [0.25, 0.3) is 11.6 Å². The van der Waals surface area contributed by atoms with E-state index in [2.05, 4.69) is 5.32 Å². The molecule has 0 bridgehead atoms. The Morgan fingerprint density at radius 2 is 1.83 bits per heavy atom. The Balaban J connectivity index is 1.54. The summed E-state index contributed by atoms with van der Waals surface area (Å²) in [5, 5.41) is 13.4. The first-order valence-corrected chi connectivity index (χ1v) is 7.07. The fraction of sp³-hybridized carbons (Fsp3) is 0.118. The molecule has 1 N–H and O–H groups in total. The van der Waals surface area contributed by atoms with E-state index in [9.17, 15) is 14.9 Å². The molecule has 6 heteroatoms. The number of hydrogen-bond donors (Lipinski definition) is 1. The molecule has 0 aromatic heterocycles. The number of nitro groups is 1. The van der Waals surface area contributed by atoms with Crippen LogP contribution in [0.3, 0.4) is 0 Å². The molecule has 0 radical (unpaired) electrons. The molecule has 1 aliphatic rings. The Labute approximate surface area is 132 Å². The standard InChI is InChI=1S/C17H14N2O4/c20-17(18-13-4-2-1-3-5-13)16-15(23-16)11-8-12-6-9-14(10-7-12)19(21)22/h1-11,15-16H,(H,18,20)/b11-8+/t15-,16-/m0/s1. The molecule has 1 fully saturated rings. The summed E-state index contributed by atoms with van der Waals surface area (Å²) in [7, 11) is 0. The molecule has 23 heavy (non-hydrogen) atoms. The summed E-state index contributed by atoms with van der Waals surface area (Å²) in [5.41, 5.74) is 1.59. The van der Waals surface area contributed by atoms with Crippen molar-refractivity contribution in [1.29, 1.82) is 0 Å². The molecule has 116 valence electrons. The van der Waals surface area contributed by atoms with Crippen LogP contribution in [-0.4, -0.2) is 23.0 Å². The van der Waals surface area contributed by atoms with Crippen molar-refractivity contribution in [3.05, 3.63) is 76.4 Å². The first-order valence-electron chi connectivity index (χ1n) is 7.07. The molecular formula is C17H14N2O4. The summed E-state index contributed by atoms with van der Waals surface area (Å²) < 4.78 is 5.33. The molecule has 0 spiro atoms. The van der Waals surface area contributed by atoms with Crippen molar-refractivity contribution in [2.45, 2.75) is 12.2 Å². The molecule has 1 saturated heterocycles. The first kappa shape index (κ1) is 14.9. The molecule has 6 nitrogen and oxygen atoms in total. The van der Waals surface area contributed by atoms with Gasteiger partial charge in [-0.2, -0.15) is 0 Å². The lowest BCUT2D eigenvalue weighted by molar-refractivity contribution is -0.384. The van der Waals surface area contributed by atoms with Crippen molar-refractivity contribution >= 4 is 23.4 Å². The number of benzene rings is 2. The maximum atomic E-state index is 12.0. The van der Waals surface area contributed by atoms with Gasteiger partial charge in [0, 0.05) is 17.8 Å². The predicted molar refractivity (Wildman–Crippen MR) is 85.9 cm³/mol. The highest BCUT2D eigenvalue weighted by Crippen LogP contribution is 2.26. The van der Waals surface area contributed by atoms with Crippen LogP contribution in [0, 0.1) is 10.1 Å². The third kappa shape index (κ3) is 3.81. The largest absolute Gasteiger partial charge is 0.355 e. The van der Waals surface area contributed by atoms with Gasteiger partial charge in [0.05, 0.1) is 4.92 Å². The third-order valence-corrected chi connectivity index (χ3v) is 3.41. The van der Waals surface area contributed by atoms with Crippen LogP contribution in [-0.2, 0) is 9.53 Å². The van der Waals surface area contributed by atoms with Gasteiger partial charge in [0.1, 0.15) is 6.10 Å².